The number of hydrogen-bond acceptors (Lipinski definition) is 4. The Balaban J connectivity index is 1.37. The highest BCUT2D eigenvalue weighted by molar-refractivity contribution is 8.18. The summed E-state index contributed by atoms with van der Waals surface area (Å²) in [6.07, 6.45) is 3.63. The molecule has 0 bridgehead atoms. The molecule has 0 spiro atoms. The number of amides is 2. The molecule has 2 amide bonds. The van der Waals surface area contributed by atoms with E-state index < -0.39 is 0 Å². The van der Waals surface area contributed by atoms with Gasteiger partial charge in [-0.3, -0.25) is 14.5 Å². The third-order valence-electron chi connectivity index (χ3n) is 5.60. The Hall–Kier alpha value is -3.84. The van der Waals surface area contributed by atoms with Gasteiger partial charge >= 0.3 is 0 Å². The lowest BCUT2D eigenvalue weighted by Crippen LogP contribution is -2.32. The smallest absolute Gasteiger partial charge is 0.293 e. The number of nitrogens with zero attached hydrogens (tertiary/aromatic N) is 2. The molecule has 34 heavy (non-hydrogen) atoms. The Morgan fingerprint density at radius 3 is 2.47 bits per heavy atom. The first-order valence-corrected chi connectivity index (χ1v) is 11.7. The number of halogens is 1. The van der Waals surface area contributed by atoms with Gasteiger partial charge in [0.25, 0.3) is 11.1 Å². The van der Waals surface area contributed by atoms with E-state index in [9.17, 15) is 14.0 Å². The minimum absolute atomic E-state index is 0.173. The van der Waals surface area contributed by atoms with Crippen LogP contribution in [0.2, 0.25) is 0 Å². The van der Waals surface area contributed by atoms with E-state index in [2.05, 4.69) is 0 Å². The monoisotopic (exact) mass is 472 g/mol. The number of carbonyl (C=O) groups is 2. The number of hydrogen-bond donors (Lipinski definition) is 0. The van der Waals surface area contributed by atoms with Crippen LogP contribution in [-0.2, 0) is 11.3 Å². The molecular weight excluding hydrogens is 451 g/mol. The number of benzene rings is 3. The van der Waals surface area contributed by atoms with Crippen molar-refractivity contribution >= 4 is 39.9 Å². The Kier molecular flexibility index (Phi) is 6.18. The Labute approximate surface area is 200 Å². The van der Waals surface area contributed by atoms with E-state index in [1.54, 1.807) is 18.2 Å². The molecule has 1 aromatic heterocycles. The van der Waals surface area contributed by atoms with Crippen LogP contribution in [0.5, 0.6) is 5.75 Å². The molecule has 1 aliphatic heterocycles. The van der Waals surface area contributed by atoms with Crippen molar-refractivity contribution in [3.63, 3.8) is 0 Å². The summed E-state index contributed by atoms with van der Waals surface area (Å²) >= 11 is 0.921. The summed E-state index contributed by atoms with van der Waals surface area (Å²) in [5.41, 5.74) is 2.30. The number of ether oxygens (including phenoxy) is 1. The Morgan fingerprint density at radius 2 is 1.65 bits per heavy atom. The van der Waals surface area contributed by atoms with E-state index in [1.807, 2.05) is 71.4 Å². The SMILES string of the molecule is O=C1S/C(=C\c2cn(Cc3ccccc3F)c3ccccc23)C(=O)N1CCOc1ccccc1. The summed E-state index contributed by atoms with van der Waals surface area (Å²) in [6.45, 7) is 0.753. The second kappa shape index (κ2) is 9.57. The van der Waals surface area contributed by atoms with E-state index >= 15 is 0 Å². The van der Waals surface area contributed by atoms with Gasteiger partial charge in [0.05, 0.1) is 18.0 Å². The zero-order valence-corrected chi connectivity index (χ0v) is 19.0. The Morgan fingerprint density at radius 1 is 0.912 bits per heavy atom. The topological polar surface area (TPSA) is 51.5 Å². The minimum atomic E-state index is -0.336. The molecule has 170 valence electrons. The fourth-order valence-electron chi connectivity index (χ4n) is 3.94. The lowest BCUT2D eigenvalue weighted by Gasteiger charge is -2.13. The number of thioether (sulfide) groups is 1. The molecule has 3 aromatic carbocycles. The van der Waals surface area contributed by atoms with Gasteiger partial charge in [-0.1, -0.05) is 54.6 Å². The van der Waals surface area contributed by atoms with Crippen LogP contribution in [0.15, 0.2) is 90.0 Å². The third-order valence-corrected chi connectivity index (χ3v) is 6.51. The molecule has 0 saturated carbocycles. The fraction of sp³-hybridized carbons (Fsp3) is 0.111. The molecule has 7 heteroatoms. The lowest BCUT2D eigenvalue weighted by atomic mass is 10.1. The van der Waals surface area contributed by atoms with Gasteiger partial charge in [0, 0.05) is 28.2 Å². The highest BCUT2D eigenvalue weighted by Crippen LogP contribution is 2.34. The van der Waals surface area contributed by atoms with Gasteiger partial charge in [-0.25, -0.2) is 4.39 Å². The summed E-state index contributed by atoms with van der Waals surface area (Å²) in [7, 11) is 0. The number of fused-ring (bicyclic) bond motifs is 1. The number of para-hydroxylation sites is 2. The summed E-state index contributed by atoms with van der Waals surface area (Å²) in [6, 6.07) is 23.7. The fourth-order valence-corrected chi connectivity index (χ4v) is 4.79. The molecule has 4 aromatic rings. The highest BCUT2D eigenvalue weighted by atomic mass is 32.2. The first-order valence-electron chi connectivity index (χ1n) is 10.8. The van der Waals surface area contributed by atoms with Crippen molar-refractivity contribution in [2.75, 3.05) is 13.2 Å². The molecule has 1 fully saturated rings. The molecule has 1 saturated heterocycles. The second-order valence-corrected chi connectivity index (χ2v) is 8.81. The first kappa shape index (κ1) is 22.0. The maximum absolute atomic E-state index is 14.2. The molecule has 5 rings (SSSR count). The minimum Gasteiger partial charge on any atom is -0.492 e. The van der Waals surface area contributed by atoms with Gasteiger partial charge in [0.1, 0.15) is 18.2 Å². The van der Waals surface area contributed by atoms with Crippen LogP contribution in [0.25, 0.3) is 17.0 Å². The maximum Gasteiger partial charge on any atom is 0.293 e. The average Bonchev–Trinajstić information content (AvgIpc) is 3.33. The van der Waals surface area contributed by atoms with Crippen molar-refractivity contribution in [1.29, 1.82) is 0 Å². The van der Waals surface area contributed by atoms with Gasteiger partial charge in [-0.05, 0) is 42.1 Å². The molecule has 0 aliphatic carbocycles. The first-order chi connectivity index (χ1) is 16.6. The largest absolute Gasteiger partial charge is 0.492 e. The number of aromatic nitrogens is 1. The van der Waals surface area contributed by atoms with Gasteiger partial charge in [0.2, 0.25) is 0 Å². The predicted molar refractivity (Wildman–Crippen MR) is 132 cm³/mol. The van der Waals surface area contributed by atoms with E-state index in [-0.39, 0.29) is 30.1 Å². The van der Waals surface area contributed by atoms with Gasteiger partial charge < -0.3 is 9.30 Å². The standard InChI is InChI=1S/C27H21FN2O3S/c28-23-12-6-4-8-19(23)17-29-18-20(22-11-5-7-13-24(22)29)16-25-26(31)30(27(32)34-25)14-15-33-21-9-2-1-3-10-21/h1-13,16,18H,14-15,17H2/b25-16-. The van der Waals surface area contributed by atoms with E-state index in [1.165, 1.54) is 11.0 Å². The molecule has 2 heterocycles. The average molecular weight is 473 g/mol. The van der Waals surface area contributed by atoms with Gasteiger partial charge in [-0.15, -0.1) is 0 Å². The second-order valence-electron chi connectivity index (χ2n) is 7.82. The number of carbonyl (C=O) groups excluding carboxylic acids is 2. The number of rotatable bonds is 7. The zero-order valence-electron chi connectivity index (χ0n) is 18.2. The van der Waals surface area contributed by atoms with Crippen LogP contribution in [0.3, 0.4) is 0 Å². The molecule has 0 radical (unpaired) electrons. The normalized spacial score (nSPS) is 15.0. The van der Waals surface area contributed by atoms with Gasteiger partial charge in [-0.2, -0.15) is 0 Å². The van der Waals surface area contributed by atoms with Crippen molar-refractivity contribution in [1.82, 2.24) is 9.47 Å². The van der Waals surface area contributed by atoms with E-state index in [0.29, 0.717) is 22.8 Å². The van der Waals surface area contributed by atoms with Crippen LogP contribution in [-0.4, -0.2) is 33.8 Å². The molecule has 1 aliphatic rings. The summed E-state index contributed by atoms with van der Waals surface area (Å²) in [5, 5.41) is 0.612. The number of imide groups is 1. The van der Waals surface area contributed by atoms with Crippen molar-refractivity contribution in [3.05, 3.63) is 107 Å². The van der Waals surface area contributed by atoms with Crippen LogP contribution in [0.1, 0.15) is 11.1 Å². The van der Waals surface area contributed by atoms with Gasteiger partial charge in [0.15, 0.2) is 0 Å². The molecule has 0 unspecified atom stereocenters. The van der Waals surface area contributed by atoms with E-state index in [4.69, 9.17) is 4.74 Å². The summed E-state index contributed by atoms with van der Waals surface area (Å²) in [5.74, 6) is 0.0888. The third kappa shape index (κ3) is 4.47. The highest BCUT2D eigenvalue weighted by Gasteiger charge is 2.35. The van der Waals surface area contributed by atoms with Crippen LogP contribution in [0.4, 0.5) is 9.18 Å². The van der Waals surface area contributed by atoms with Crippen molar-refractivity contribution in [3.8, 4) is 5.75 Å². The molecule has 5 nitrogen and oxygen atoms in total. The van der Waals surface area contributed by atoms with Crippen molar-refractivity contribution in [2.24, 2.45) is 0 Å². The molecule has 0 atom stereocenters. The van der Waals surface area contributed by atoms with Crippen molar-refractivity contribution < 1.29 is 18.7 Å². The summed E-state index contributed by atoms with van der Waals surface area (Å²) in [4.78, 5) is 27.0. The van der Waals surface area contributed by atoms with E-state index in [0.717, 1.165) is 28.2 Å². The van der Waals surface area contributed by atoms with Crippen LogP contribution in [0, 0.1) is 5.82 Å². The van der Waals surface area contributed by atoms with Crippen molar-refractivity contribution in [2.45, 2.75) is 6.54 Å². The maximum atomic E-state index is 14.2. The zero-order chi connectivity index (χ0) is 23.5. The predicted octanol–water partition coefficient (Wildman–Crippen LogP) is 5.94. The lowest BCUT2D eigenvalue weighted by molar-refractivity contribution is -0.123. The van der Waals surface area contributed by atoms with Crippen LogP contribution < -0.4 is 4.74 Å². The van der Waals surface area contributed by atoms with Crippen LogP contribution >= 0.6 is 11.8 Å². The quantitative estimate of drug-likeness (QED) is 0.312. The summed E-state index contributed by atoms with van der Waals surface area (Å²) < 4.78 is 21.8. The molecular formula is C27H21FN2O3S. The Bertz CT molecular complexity index is 1400. The molecule has 0 N–H and O–H groups in total.